The van der Waals surface area contributed by atoms with E-state index in [4.69, 9.17) is 0 Å². The number of halogens is 1. The molecule has 0 bridgehead atoms. The highest BCUT2D eigenvalue weighted by atomic mass is 79.9. The van der Waals surface area contributed by atoms with Crippen molar-refractivity contribution in [1.82, 2.24) is 4.57 Å². The lowest BCUT2D eigenvalue weighted by molar-refractivity contribution is 1.17. The maximum absolute atomic E-state index is 3.73. The number of benzene rings is 4. The van der Waals surface area contributed by atoms with E-state index in [0.717, 1.165) is 4.47 Å². The van der Waals surface area contributed by atoms with Gasteiger partial charge in [-0.15, -0.1) is 0 Å². The molecule has 0 atom stereocenters. The van der Waals surface area contributed by atoms with Crippen LogP contribution in [0.25, 0.3) is 38.3 Å². The van der Waals surface area contributed by atoms with Crippen LogP contribution in [0.4, 0.5) is 0 Å². The first-order valence-electron chi connectivity index (χ1n) is 8.00. The minimum absolute atomic E-state index is 1.10. The van der Waals surface area contributed by atoms with Crippen molar-refractivity contribution in [2.45, 2.75) is 0 Å². The molecule has 2 heteroatoms. The van der Waals surface area contributed by atoms with Crippen LogP contribution in [0.3, 0.4) is 0 Å². The summed E-state index contributed by atoms with van der Waals surface area (Å²) in [5, 5.41) is 5.12. The molecule has 114 valence electrons. The molecule has 0 saturated heterocycles. The fraction of sp³-hybridized carbons (Fsp3) is 0. The molecule has 24 heavy (non-hydrogen) atoms. The molecule has 0 saturated carbocycles. The van der Waals surface area contributed by atoms with Gasteiger partial charge in [-0.1, -0.05) is 66.7 Å². The van der Waals surface area contributed by atoms with Gasteiger partial charge in [0.15, 0.2) is 0 Å². The van der Waals surface area contributed by atoms with E-state index < -0.39 is 0 Å². The molecular formula is C22H14BrN. The molecule has 1 nitrogen and oxygen atoms in total. The smallest absolute Gasteiger partial charge is 0.0619 e. The summed E-state index contributed by atoms with van der Waals surface area (Å²) in [5.41, 5.74) is 3.66. The summed E-state index contributed by atoms with van der Waals surface area (Å²) < 4.78 is 3.47. The second kappa shape index (κ2) is 5.22. The summed E-state index contributed by atoms with van der Waals surface area (Å²) in [6.07, 6.45) is 0. The van der Waals surface area contributed by atoms with E-state index in [1.807, 2.05) is 0 Å². The molecule has 4 aromatic carbocycles. The van der Waals surface area contributed by atoms with Crippen molar-refractivity contribution in [3.05, 3.63) is 89.4 Å². The minimum Gasteiger partial charge on any atom is -0.307 e. The number of nitrogens with zero attached hydrogens (tertiary/aromatic N) is 1. The van der Waals surface area contributed by atoms with Crippen LogP contribution in [0, 0.1) is 0 Å². The van der Waals surface area contributed by atoms with Gasteiger partial charge in [-0.05, 0) is 39.5 Å². The lowest BCUT2D eigenvalue weighted by Gasteiger charge is -2.11. The van der Waals surface area contributed by atoms with Crippen molar-refractivity contribution < 1.29 is 0 Å². The van der Waals surface area contributed by atoms with Gasteiger partial charge >= 0.3 is 0 Å². The van der Waals surface area contributed by atoms with Gasteiger partial charge in [0.2, 0.25) is 0 Å². The predicted molar refractivity (Wildman–Crippen MR) is 106 cm³/mol. The quantitative estimate of drug-likeness (QED) is 0.309. The number of hydrogen-bond donors (Lipinski definition) is 0. The molecule has 1 heterocycles. The highest BCUT2D eigenvalue weighted by molar-refractivity contribution is 9.10. The number of hydrogen-bond acceptors (Lipinski definition) is 0. The monoisotopic (exact) mass is 371 g/mol. The third-order valence-electron chi connectivity index (χ3n) is 4.65. The summed E-state index contributed by atoms with van der Waals surface area (Å²) >= 11 is 3.73. The highest BCUT2D eigenvalue weighted by Gasteiger charge is 2.15. The standard InChI is InChI=1S/C22H14BrN/c23-19-10-4-6-12-21(19)24-20-11-5-3-9-17(20)18-14-13-15-7-1-2-8-16(15)22(18)24/h1-14H. The molecule has 0 amide bonds. The minimum atomic E-state index is 1.10. The first kappa shape index (κ1) is 13.8. The van der Waals surface area contributed by atoms with E-state index in [9.17, 15) is 0 Å². The summed E-state index contributed by atoms with van der Waals surface area (Å²) in [4.78, 5) is 0. The van der Waals surface area contributed by atoms with E-state index in [1.54, 1.807) is 0 Å². The van der Waals surface area contributed by atoms with Crippen LogP contribution in [-0.2, 0) is 0 Å². The van der Waals surface area contributed by atoms with E-state index in [-0.39, 0.29) is 0 Å². The Morgan fingerprint density at radius 2 is 1.29 bits per heavy atom. The molecule has 5 rings (SSSR count). The van der Waals surface area contributed by atoms with Crippen LogP contribution in [0.1, 0.15) is 0 Å². The van der Waals surface area contributed by atoms with Crippen molar-refractivity contribution in [2.75, 3.05) is 0 Å². The van der Waals surface area contributed by atoms with E-state index in [2.05, 4.69) is 105 Å². The van der Waals surface area contributed by atoms with Crippen molar-refractivity contribution >= 4 is 48.5 Å². The first-order chi connectivity index (χ1) is 11.8. The van der Waals surface area contributed by atoms with Crippen molar-refractivity contribution in [1.29, 1.82) is 0 Å². The fourth-order valence-electron chi connectivity index (χ4n) is 3.61. The zero-order valence-electron chi connectivity index (χ0n) is 12.9. The van der Waals surface area contributed by atoms with E-state index in [1.165, 1.54) is 38.3 Å². The zero-order valence-corrected chi connectivity index (χ0v) is 14.5. The highest BCUT2D eigenvalue weighted by Crippen LogP contribution is 2.37. The predicted octanol–water partition coefficient (Wildman–Crippen LogP) is 6.70. The molecule has 0 fully saturated rings. The third kappa shape index (κ3) is 1.87. The van der Waals surface area contributed by atoms with Crippen molar-refractivity contribution in [3.8, 4) is 5.69 Å². The second-order valence-corrected chi connectivity index (χ2v) is 6.84. The molecular weight excluding hydrogens is 358 g/mol. The van der Waals surface area contributed by atoms with Crippen LogP contribution in [-0.4, -0.2) is 4.57 Å². The van der Waals surface area contributed by atoms with E-state index in [0.29, 0.717) is 0 Å². The Morgan fingerprint density at radius 1 is 0.583 bits per heavy atom. The summed E-state index contributed by atoms with van der Waals surface area (Å²) in [7, 11) is 0. The maximum atomic E-state index is 3.73. The Bertz CT molecular complexity index is 1220. The van der Waals surface area contributed by atoms with Crippen molar-refractivity contribution in [3.63, 3.8) is 0 Å². The Hall–Kier alpha value is -2.58. The molecule has 0 aliphatic carbocycles. The lowest BCUT2D eigenvalue weighted by Crippen LogP contribution is -1.95. The van der Waals surface area contributed by atoms with Gasteiger partial charge in [-0.3, -0.25) is 0 Å². The van der Waals surface area contributed by atoms with Gasteiger partial charge in [0.1, 0.15) is 0 Å². The van der Waals surface area contributed by atoms with Gasteiger partial charge in [0, 0.05) is 20.6 Å². The van der Waals surface area contributed by atoms with Crippen LogP contribution >= 0.6 is 15.9 Å². The average molecular weight is 372 g/mol. The van der Waals surface area contributed by atoms with Crippen LogP contribution in [0.2, 0.25) is 0 Å². The van der Waals surface area contributed by atoms with Crippen LogP contribution < -0.4 is 0 Å². The third-order valence-corrected chi connectivity index (χ3v) is 5.32. The lowest BCUT2D eigenvalue weighted by atomic mass is 10.1. The summed E-state index contributed by atoms with van der Waals surface area (Å²) in [6.45, 7) is 0. The Labute approximate surface area is 148 Å². The van der Waals surface area contributed by atoms with Crippen molar-refractivity contribution in [2.24, 2.45) is 0 Å². The van der Waals surface area contributed by atoms with Gasteiger partial charge in [-0.2, -0.15) is 0 Å². The summed E-state index contributed by atoms with van der Waals surface area (Å²) in [5.74, 6) is 0. The SMILES string of the molecule is Brc1ccccc1-n1c2ccccc2c2ccc3ccccc3c21. The Balaban J connectivity index is 2.10. The molecule has 0 aliphatic heterocycles. The Kier molecular flexibility index (Phi) is 3.00. The molecule has 5 aromatic rings. The second-order valence-electron chi connectivity index (χ2n) is 5.99. The van der Waals surface area contributed by atoms with Gasteiger partial charge in [-0.25, -0.2) is 0 Å². The molecule has 0 N–H and O–H groups in total. The van der Waals surface area contributed by atoms with Gasteiger partial charge in [0.05, 0.1) is 16.7 Å². The molecule has 0 radical (unpaired) electrons. The normalized spacial score (nSPS) is 11.5. The number of aromatic nitrogens is 1. The molecule has 0 spiro atoms. The number of para-hydroxylation sites is 2. The van der Waals surface area contributed by atoms with Crippen LogP contribution in [0.15, 0.2) is 89.4 Å². The first-order valence-corrected chi connectivity index (χ1v) is 8.80. The topological polar surface area (TPSA) is 4.93 Å². The average Bonchev–Trinajstić information content (AvgIpc) is 2.97. The fourth-order valence-corrected chi connectivity index (χ4v) is 4.08. The van der Waals surface area contributed by atoms with Gasteiger partial charge in [0.25, 0.3) is 0 Å². The number of fused-ring (bicyclic) bond motifs is 5. The van der Waals surface area contributed by atoms with Crippen LogP contribution in [0.5, 0.6) is 0 Å². The zero-order chi connectivity index (χ0) is 16.1. The van der Waals surface area contributed by atoms with E-state index >= 15 is 0 Å². The summed E-state index contributed by atoms with van der Waals surface area (Å²) in [6, 6.07) is 30.1. The largest absolute Gasteiger partial charge is 0.307 e. The molecule has 1 aromatic heterocycles. The maximum Gasteiger partial charge on any atom is 0.0619 e. The molecule has 0 aliphatic rings. The molecule has 0 unspecified atom stereocenters. The van der Waals surface area contributed by atoms with Gasteiger partial charge < -0.3 is 4.57 Å². The number of rotatable bonds is 1. The Morgan fingerprint density at radius 3 is 2.17 bits per heavy atom.